The molecule has 1 aliphatic heterocycles. The van der Waals surface area contributed by atoms with Crippen LogP contribution < -0.4 is 0 Å². The van der Waals surface area contributed by atoms with Gasteiger partial charge in [0.05, 0.1) is 16.7 Å². The van der Waals surface area contributed by atoms with E-state index in [4.69, 9.17) is 0 Å². The zero-order chi connectivity index (χ0) is 21.4. The van der Waals surface area contributed by atoms with Crippen LogP contribution in [-0.4, -0.2) is 4.57 Å². The molecule has 0 saturated heterocycles. The van der Waals surface area contributed by atoms with Crippen LogP contribution in [0.4, 0.5) is 0 Å². The van der Waals surface area contributed by atoms with Crippen LogP contribution in [0.25, 0.3) is 38.6 Å². The summed E-state index contributed by atoms with van der Waals surface area (Å²) in [5.41, 5.74) is 12.7. The number of fused-ring (bicyclic) bond motifs is 6. The lowest BCUT2D eigenvalue weighted by molar-refractivity contribution is 0.630. The van der Waals surface area contributed by atoms with Gasteiger partial charge < -0.3 is 4.57 Å². The molecule has 2 aliphatic rings. The number of hydrogen-bond donors (Lipinski definition) is 0. The number of benzene rings is 4. The fourth-order valence-corrected chi connectivity index (χ4v) is 6.39. The van der Waals surface area contributed by atoms with E-state index in [1.165, 1.54) is 75.4 Å². The van der Waals surface area contributed by atoms with E-state index in [0.717, 1.165) is 0 Å². The Morgan fingerprint density at radius 3 is 2.47 bits per heavy atom. The van der Waals surface area contributed by atoms with E-state index >= 15 is 0 Å². The molecule has 4 aromatic carbocycles. The minimum Gasteiger partial charge on any atom is -0.309 e. The number of hydrogen-bond acceptors (Lipinski definition) is 0. The van der Waals surface area contributed by atoms with Gasteiger partial charge in [-0.25, -0.2) is 0 Å². The molecule has 0 amide bonds. The van der Waals surface area contributed by atoms with Crippen molar-refractivity contribution in [3.8, 4) is 16.8 Å². The summed E-state index contributed by atoms with van der Waals surface area (Å²) in [5, 5.41) is 2.73. The highest BCUT2D eigenvalue weighted by molar-refractivity contribution is 6.12. The van der Waals surface area contributed by atoms with Crippen LogP contribution in [0.2, 0.25) is 0 Å². The van der Waals surface area contributed by atoms with Gasteiger partial charge in [0, 0.05) is 16.2 Å². The fraction of sp³-hybridized carbons (Fsp3) is 0.226. The smallest absolute Gasteiger partial charge is 0.0582 e. The highest BCUT2D eigenvalue weighted by Gasteiger charge is 2.34. The maximum atomic E-state index is 2.50. The summed E-state index contributed by atoms with van der Waals surface area (Å²) in [7, 11) is 0. The molecule has 5 aromatic rings. The lowest BCUT2D eigenvalue weighted by Crippen LogP contribution is -2.26. The quantitative estimate of drug-likeness (QED) is 0.263. The van der Waals surface area contributed by atoms with Gasteiger partial charge in [-0.3, -0.25) is 0 Å². The number of aromatic nitrogens is 1. The van der Waals surface area contributed by atoms with Crippen LogP contribution in [0.15, 0.2) is 78.9 Å². The van der Waals surface area contributed by atoms with Gasteiger partial charge in [0.15, 0.2) is 0 Å². The Balaban J connectivity index is 1.57. The summed E-state index contributed by atoms with van der Waals surface area (Å²) in [6.07, 6.45) is 5.05. The van der Waals surface area contributed by atoms with Gasteiger partial charge in [0.1, 0.15) is 0 Å². The van der Waals surface area contributed by atoms with Gasteiger partial charge in [-0.1, -0.05) is 74.5 Å². The highest BCUT2D eigenvalue weighted by atomic mass is 15.0. The third-order valence-electron chi connectivity index (χ3n) is 7.99. The summed E-state index contributed by atoms with van der Waals surface area (Å²) < 4.78 is 2.50. The Morgan fingerprint density at radius 1 is 0.719 bits per heavy atom. The number of nitrogens with zero attached hydrogens (tertiary/aromatic N) is 1. The monoisotopic (exact) mass is 413 g/mol. The van der Waals surface area contributed by atoms with Crippen molar-refractivity contribution in [3.05, 3.63) is 101 Å². The lowest BCUT2D eigenvalue weighted by Gasteiger charge is -2.34. The zero-order valence-corrected chi connectivity index (χ0v) is 18.8. The van der Waals surface area contributed by atoms with Crippen molar-refractivity contribution in [2.24, 2.45) is 0 Å². The van der Waals surface area contributed by atoms with Gasteiger partial charge >= 0.3 is 0 Å². The van der Waals surface area contributed by atoms with E-state index < -0.39 is 0 Å². The fourth-order valence-electron chi connectivity index (χ4n) is 6.39. The minimum atomic E-state index is -0.0121. The molecule has 0 fully saturated rings. The maximum Gasteiger partial charge on any atom is 0.0582 e. The van der Waals surface area contributed by atoms with Crippen molar-refractivity contribution < 1.29 is 0 Å². The van der Waals surface area contributed by atoms with Crippen molar-refractivity contribution in [2.75, 3.05) is 0 Å². The van der Waals surface area contributed by atoms with Crippen molar-refractivity contribution >= 4 is 21.8 Å². The van der Waals surface area contributed by atoms with Crippen molar-refractivity contribution in [3.63, 3.8) is 0 Å². The van der Waals surface area contributed by atoms with E-state index in [0.29, 0.717) is 0 Å². The Bertz CT molecular complexity index is 1550. The predicted octanol–water partition coefficient (Wildman–Crippen LogP) is 7.97. The third-order valence-corrected chi connectivity index (χ3v) is 7.99. The molecule has 32 heavy (non-hydrogen) atoms. The molecular weight excluding hydrogens is 386 g/mol. The first-order valence-corrected chi connectivity index (χ1v) is 11.9. The third kappa shape index (κ3) is 2.29. The summed E-state index contributed by atoms with van der Waals surface area (Å²) >= 11 is 0. The standard InChI is InChI=1S/C31H27N/c1-31(2)26-14-5-6-16-29(26)32-28-18-17-21(19-25(28)24-13-8-15-27(31)30(24)32)23-12-7-10-20-9-3-4-11-22(20)23/h5-8,10,12-19H,3-4,9,11H2,1-2H3. The molecule has 156 valence electrons. The zero-order valence-electron chi connectivity index (χ0n) is 18.8. The van der Waals surface area contributed by atoms with Crippen LogP contribution in [0.1, 0.15) is 48.9 Å². The Kier molecular flexibility index (Phi) is 3.63. The Hall–Kier alpha value is -3.32. The SMILES string of the molecule is CC1(C)c2ccccc2-n2c3ccc(-c4cccc5c4CCCC5)cc3c3cccc1c32. The predicted molar refractivity (Wildman–Crippen MR) is 135 cm³/mol. The average molecular weight is 414 g/mol. The maximum absolute atomic E-state index is 2.50. The largest absolute Gasteiger partial charge is 0.309 e. The molecule has 0 N–H and O–H groups in total. The minimum absolute atomic E-state index is 0.0121. The molecular formula is C31H27N. The summed E-state index contributed by atoms with van der Waals surface area (Å²) in [6, 6.07) is 29.9. The Labute approximate surface area is 189 Å². The summed E-state index contributed by atoms with van der Waals surface area (Å²) in [6.45, 7) is 4.73. The summed E-state index contributed by atoms with van der Waals surface area (Å²) in [5.74, 6) is 0. The van der Waals surface area contributed by atoms with Crippen molar-refractivity contribution in [1.29, 1.82) is 0 Å². The van der Waals surface area contributed by atoms with E-state index in [9.17, 15) is 0 Å². The molecule has 1 heteroatoms. The molecule has 7 rings (SSSR count). The van der Waals surface area contributed by atoms with Crippen LogP contribution in [0.5, 0.6) is 0 Å². The van der Waals surface area contributed by atoms with Gasteiger partial charge in [0.2, 0.25) is 0 Å². The van der Waals surface area contributed by atoms with Gasteiger partial charge in [-0.15, -0.1) is 0 Å². The molecule has 2 heterocycles. The first-order valence-electron chi connectivity index (χ1n) is 11.9. The molecule has 0 spiro atoms. The molecule has 0 unspecified atom stereocenters. The van der Waals surface area contributed by atoms with E-state index in [1.807, 2.05) is 0 Å². The topological polar surface area (TPSA) is 4.93 Å². The van der Waals surface area contributed by atoms with Crippen LogP contribution in [-0.2, 0) is 18.3 Å². The van der Waals surface area contributed by atoms with E-state index in [1.54, 1.807) is 11.1 Å². The molecule has 1 aliphatic carbocycles. The van der Waals surface area contributed by atoms with Gasteiger partial charge in [0.25, 0.3) is 0 Å². The summed E-state index contributed by atoms with van der Waals surface area (Å²) in [4.78, 5) is 0. The second-order valence-electron chi connectivity index (χ2n) is 10.1. The number of rotatable bonds is 1. The first-order chi connectivity index (χ1) is 15.6. The molecule has 1 nitrogen and oxygen atoms in total. The van der Waals surface area contributed by atoms with E-state index in [-0.39, 0.29) is 5.41 Å². The van der Waals surface area contributed by atoms with Crippen molar-refractivity contribution in [1.82, 2.24) is 4.57 Å². The molecule has 0 bridgehead atoms. The second kappa shape index (κ2) is 6.36. The molecule has 0 radical (unpaired) electrons. The average Bonchev–Trinajstić information content (AvgIpc) is 3.17. The highest BCUT2D eigenvalue weighted by Crippen LogP contribution is 2.47. The Morgan fingerprint density at radius 2 is 1.53 bits per heavy atom. The van der Waals surface area contributed by atoms with E-state index in [2.05, 4.69) is 97.3 Å². The number of aryl methyl sites for hydroxylation is 1. The van der Waals surface area contributed by atoms with Crippen LogP contribution in [0.3, 0.4) is 0 Å². The molecule has 0 saturated carbocycles. The second-order valence-corrected chi connectivity index (χ2v) is 10.1. The van der Waals surface area contributed by atoms with Crippen LogP contribution in [0, 0.1) is 0 Å². The normalized spacial score (nSPS) is 16.2. The lowest BCUT2D eigenvalue weighted by atomic mass is 9.75. The molecule has 0 atom stereocenters. The van der Waals surface area contributed by atoms with Gasteiger partial charge in [-0.05, 0) is 77.3 Å². The molecule has 1 aromatic heterocycles. The van der Waals surface area contributed by atoms with Crippen molar-refractivity contribution in [2.45, 2.75) is 44.9 Å². The number of para-hydroxylation sites is 2. The first kappa shape index (κ1) is 18.3. The van der Waals surface area contributed by atoms with Crippen LogP contribution >= 0.6 is 0 Å². The van der Waals surface area contributed by atoms with Gasteiger partial charge in [-0.2, -0.15) is 0 Å².